The van der Waals surface area contributed by atoms with Crippen molar-refractivity contribution in [1.29, 1.82) is 0 Å². The Hall–Kier alpha value is -0.810. The summed E-state index contributed by atoms with van der Waals surface area (Å²) in [7, 11) is 0. The van der Waals surface area contributed by atoms with Gasteiger partial charge in [0.05, 0.1) is 0 Å². The molecule has 1 amide bonds. The minimum atomic E-state index is -0.785. The number of aliphatic carboxylic acids is 1. The zero-order valence-corrected chi connectivity index (χ0v) is 15.6. The van der Waals surface area contributed by atoms with E-state index in [1.54, 1.807) is 6.92 Å². The highest BCUT2D eigenvalue weighted by atomic mass is 35.5. The molecule has 1 rings (SSSR count). The summed E-state index contributed by atoms with van der Waals surface area (Å²) in [5.74, 6) is 0.0570. The van der Waals surface area contributed by atoms with Gasteiger partial charge in [-0.05, 0) is 31.1 Å². The molecule has 1 saturated heterocycles. The first-order chi connectivity index (χ1) is 10.4. The van der Waals surface area contributed by atoms with Crippen LogP contribution in [-0.2, 0) is 9.59 Å². The summed E-state index contributed by atoms with van der Waals surface area (Å²) < 4.78 is 0. The van der Waals surface area contributed by atoms with Crippen molar-refractivity contribution in [2.24, 2.45) is 11.8 Å². The molecular formula is C17H33ClN2O3. The summed E-state index contributed by atoms with van der Waals surface area (Å²) in [6.07, 6.45) is 5.78. The first-order valence-electron chi connectivity index (χ1n) is 8.68. The predicted octanol–water partition coefficient (Wildman–Crippen LogP) is 2.97. The zero-order chi connectivity index (χ0) is 16.7. The maximum Gasteiger partial charge on any atom is 0.320 e. The lowest BCUT2D eigenvalue weighted by Gasteiger charge is -2.31. The van der Waals surface area contributed by atoms with E-state index < -0.39 is 12.0 Å². The lowest BCUT2D eigenvalue weighted by atomic mass is 9.84. The average Bonchev–Trinajstić information content (AvgIpc) is 2.87. The van der Waals surface area contributed by atoms with Gasteiger partial charge >= 0.3 is 5.97 Å². The van der Waals surface area contributed by atoms with E-state index in [0.717, 1.165) is 32.1 Å². The van der Waals surface area contributed by atoms with Gasteiger partial charge in [-0.25, -0.2) is 0 Å². The molecule has 1 aliphatic rings. The molecular weight excluding hydrogens is 316 g/mol. The van der Waals surface area contributed by atoms with E-state index >= 15 is 0 Å². The van der Waals surface area contributed by atoms with E-state index in [2.05, 4.69) is 31.4 Å². The van der Waals surface area contributed by atoms with E-state index in [1.165, 1.54) is 0 Å². The van der Waals surface area contributed by atoms with Gasteiger partial charge in [-0.15, -0.1) is 12.4 Å². The molecule has 23 heavy (non-hydrogen) atoms. The fourth-order valence-electron chi connectivity index (χ4n) is 3.71. The Morgan fingerprint density at radius 1 is 1.26 bits per heavy atom. The van der Waals surface area contributed by atoms with Crippen LogP contribution >= 0.6 is 12.4 Å². The SMILES string of the molecule is CCC[C@H]1C[C@H](C(=O)O)N[C@H]1[C@H](CC(CC)CC)NC(C)=O.Cl. The summed E-state index contributed by atoms with van der Waals surface area (Å²) in [4.78, 5) is 22.9. The van der Waals surface area contributed by atoms with Gasteiger partial charge in [0.1, 0.15) is 6.04 Å². The van der Waals surface area contributed by atoms with Crippen LogP contribution in [0.2, 0.25) is 0 Å². The molecule has 5 nitrogen and oxygen atoms in total. The fourth-order valence-corrected chi connectivity index (χ4v) is 3.71. The van der Waals surface area contributed by atoms with Gasteiger partial charge in [0.25, 0.3) is 0 Å². The first-order valence-corrected chi connectivity index (χ1v) is 8.68. The van der Waals surface area contributed by atoms with Gasteiger partial charge in [0, 0.05) is 19.0 Å². The molecule has 0 aromatic heterocycles. The topological polar surface area (TPSA) is 78.4 Å². The minimum absolute atomic E-state index is 0. The van der Waals surface area contributed by atoms with Crippen LogP contribution in [0.3, 0.4) is 0 Å². The lowest BCUT2D eigenvalue weighted by molar-refractivity contribution is -0.139. The van der Waals surface area contributed by atoms with Crippen LogP contribution in [0.15, 0.2) is 0 Å². The third-order valence-corrected chi connectivity index (χ3v) is 4.96. The van der Waals surface area contributed by atoms with E-state index in [0.29, 0.717) is 18.3 Å². The Morgan fingerprint density at radius 2 is 1.87 bits per heavy atom. The molecule has 4 atom stereocenters. The molecule has 0 bridgehead atoms. The quantitative estimate of drug-likeness (QED) is 0.598. The van der Waals surface area contributed by atoms with Crippen LogP contribution in [0.25, 0.3) is 0 Å². The average molecular weight is 349 g/mol. The van der Waals surface area contributed by atoms with Crippen molar-refractivity contribution in [1.82, 2.24) is 10.6 Å². The van der Waals surface area contributed by atoms with Gasteiger partial charge in [-0.2, -0.15) is 0 Å². The molecule has 1 heterocycles. The van der Waals surface area contributed by atoms with Gasteiger partial charge in [-0.3, -0.25) is 14.9 Å². The summed E-state index contributed by atoms with van der Waals surface area (Å²) >= 11 is 0. The van der Waals surface area contributed by atoms with E-state index in [-0.39, 0.29) is 30.4 Å². The Bertz CT molecular complexity index is 375. The summed E-state index contributed by atoms with van der Waals surface area (Å²) in [5.41, 5.74) is 0. The number of hydrogen-bond donors (Lipinski definition) is 3. The van der Waals surface area contributed by atoms with Gasteiger partial charge in [0.15, 0.2) is 0 Å². The monoisotopic (exact) mass is 348 g/mol. The summed E-state index contributed by atoms with van der Waals surface area (Å²) in [6.45, 7) is 8.01. The summed E-state index contributed by atoms with van der Waals surface area (Å²) in [6, 6.07) is -0.409. The molecule has 0 unspecified atom stereocenters. The van der Waals surface area contributed by atoms with E-state index in [9.17, 15) is 14.7 Å². The largest absolute Gasteiger partial charge is 0.480 e. The van der Waals surface area contributed by atoms with Gasteiger partial charge < -0.3 is 10.4 Å². The van der Waals surface area contributed by atoms with Crippen molar-refractivity contribution in [2.75, 3.05) is 0 Å². The Kier molecular flexibility index (Phi) is 10.5. The van der Waals surface area contributed by atoms with Crippen LogP contribution in [0.4, 0.5) is 0 Å². The molecule has 0 radical (unpaired) electrons. The number of amides is 1. The lowest BCUT2D eigenvalue weighted by Crippen LogP contribution is -2.52. The second-order valence-electron chi connectivity index (χ2n) is 6.59. The van der Waals surface area contributed by atoms with Crippen molar-refractivity contribution >= 4 is 24.3 Å². The van der Waals surface area contributed by atoms with Crippen molar-refractivity contribution in [2.45, 2.75) is 84.3 Å². The van der Waals surface area contributed by atoms with Crippen LogP contribution in [0.5, 0.6) is 0 Å². The van der Waals surface area contributed by atoms with Crippen LogP contribution in [0.1, 0.15) is 66.2 Å². The third kappa shape index (κ3) is 6.68. The number of carboxylic acid groups (broad SMARTS) is 1. The number of carbonyl (C=O) groups excluding carboxylic acids is 1. The van der Waals surface area contributed by atoms with Crippen LogP contribution in [0, 0.1) is 11.8 Å². The highest BCUT2D eigenvalue weighted by molar-refractivity contribution is 5.85. The Labute approximate surface area is 146 Å². The van der Waals surface area contributed by atoms with Gasteiger partial charge in [0.2, 0.25) is 5.91 Å². The second kappa shape index (κ2) is 10.9. The smallest absolute Gasteiger partial charge is 0.320 e. The van der Waals surface area contributed by atoms with Crippen molar-refractivity contribution in [3.05, 3.63) is 0 Å². The molecule has 0 aromatic rings. The number of rotatable bonds is 9. The molecule has 0 saturated carbocycles. The molecule has 3 N–H and O–H groups in total. The standard InChI is InChI=1S/C17H32N2O3.ClH/c1-5-8-13-10-15(17(21)22)19-16(13)14(18-11(4)20)9-12(6-2)7-3;/h12-16,19H,5-10H2,1-4H3,(H,18,20)(H,21,22);1H/t13-,14-,15+,16+;/m0./s1. The Balaban J connectivity index is 0.00000484. The highest BCUT2D eigenvalue weighted by Gasteiger charge is 2.41. The first kappa shape index (κ1) is 22.2. The number of carbonyl (C=O) groups is 2. The molecule has 0 aliphatic carbocycles. The van der Waals surface area contributed by atoms with Crippen molar-refractivity contribution in [3.8, 4) is 0 Å². The third-order valence-electron chi connectivity index (χ3n) is 4.96. The Morgan fingerprint density at radius 3 is 2.30 bits per heavy atom. The number of hydrogen-bond acceptors (Lipinski definition) is 3. The molecule has 6 heteroatoms. The van der Waals surface area contributed by atoms with Crippen molar-refractivity contribution in [3.63, 3.8) is 0 Å². The highest BCUT2D eigenvalue weighted by Crippen LogP contribution is 2.30. The molecule has 1 aliphatic heterocycles. The normalized spacial score (nSPS) is 25.0. The van der Waals surface area contributed by atoms with Crippen LogP contribution in [-0.4, -0.2) is 35.1 Å². The number of carboxylic acids is 1. The molecule has 136 valence electrons. The molecule has 0 aromatic carbocycles. The molecule has 0 spiro atoms. The summed E-state index contributed by atoms with van der Waals surface area (Å²) in [5, 5.41) is 15.6. The van der Waals surface area contributed by atoms with E-state index in [1.807, 2.05) is 0 Å². The van der Waals surface area contributed by atoms with Crippen molar-refractivity contribution < 1.29 is 14.7 Å². The van der Waals surface area contributed by atoms with E-state index in [4.69, 9.17) is 0 Å². The predicted molar refractivity (Wildman–Crippen MR) is 94.9 cm³/mol. The fraction of sp³-hybridized carbons (Fsp3) is 0.882. The van der Waals surface area contributed by atoms with Crippen LogP contribution < -0.4 is 10.6 Å². The number of halogens is 1. The minimum Gasteiger partial charge on any atom is -0.480 e. The zero-order valence-electron chi connectivity index (χ0n) is 14.8. The van der Waals surface area contributed by atoms with Gasteiger partial charge in [-0.1, -0.05) is 40.0 Å². The maximum absolute atomic E-state index is 11.6. The second-order valence-corrected chi connectivity index (χ2v) is 6.59. The maximum atomic E-state index is 11.6. The number of nitrogens with one attached hydrogen (secondary N) is 2. The molecule has 1 fully saturated rings.